The maximum absolute atomic E-state index is 9.60. The van der Waals surface area contributed by atoms with E-state index >= 15 is 0 Å². The molecule has 1 amide bonds. The van der Waals surface area contributed by atoms with E-state index in [4.69, 9.17) is 4.84 Å². The summed E-state index contributed by atoms with van der Waals surface area (Å²) >= 11 is 0. The van der Waals surface area contributed by atoms with Crippen molar-refractivity contribution in [1.82, 2.24) is 5.48 Å². The van der Waals surface area contributed by atoms with E-state index in [1.807, 2.05) is 0 Å². The SMILES string of the molecule is O=[C]NOC1CCCC1. The van der Waals surface area contributed by atoms with Crippen LogP contribution in [0.3, 0.4) is 0 Å². The van der Waals surface area contributed by atoms with E-state index in [9.17, 15) is 4.79 Å². The van der Waals surface area contributed by atoms with Crippen LogP contribution in [0.4, 0.5) is 0 Å². The fraction of sp³-hybridized carbons (Fsp3) is 0.833. The van der Waals surface area contributed by atoms with Crippen LogP contribution in [0.25, 0.3) is 0 Å². The topological polar surface area (TPSA) is 38.3 Å². The molecule has 1 radical (unpaired) electrons. The lowest BCUT2D eigenvalue weighted by atomic mass is 10.3. The average Bonchev–Trinajstić information content (AvgIpc) is 2.34. The molecule has 0 aromatic heterocycles. The molecule has 0 aromatic carbocycles. The summed E-state index contributed by atoms with van der Waals surface area (Å²) in [4.78, 5) is 14.5. The predicted octanol–water partition coefficient (Wildman–Crippen LogP) is 0.517. The Morgan fingerprint density at radius 2 is 2.11 bits per heavy atom. The van der Waals surface area contributed by atoms with Crippen LogP contribution in [-0.2, 0) is 9.63 Å². The summed E-state index contributed by atoms with van der Waals surface area (Å²) in [5.74, 6) is 0. The van der Waals surface area contributed by atoms with E-state index in [-0.39, 0.29) is 6.10 Å². The maximum Gasteiger partial charge on any atom is 0.335 e. The smallest absolute Gasteiger partial charge is 0.270 e. The molecule has 51 valence electrons. The summed E-state index contributed by atoms with van der Waals surface area (Å²) in [5.41, 5.74) is 2.08. The summed E-state index contributed by atoms with van der Waals surface area (Å²) < 4.78 is 0. The van der Waals surface area contributed by atoms with E-state index < -0.39 is 0 Å². The molecule has 0 spiro atoms. The number of hydroxylamine groups is 1. The average molecular weight is 128 g/mol. The Bertz CT molecular complexity index is 89.1. The molecule has 9 heavy (non-hydrogen) atoms. The minimum Gasteiger partial charge on any atom is -0.270 e. The molecule has 1 fully saturated rings. The Balaban J connectivity index is 2.04. The standard InChI is InChI=1S/C6H10NO2/c8-5-7-9-6-3-1-2-4-6/h6H,1-4H2,(H,7,8). The van der Waals surface area contributed by atoms with Crippen molar-refractivity contribution < 1.29 is 9.63 Å². The zero-order valence-electron chi connectivity index (χ0n) is 5.22. The highest BCUT2D eigenvalue weighted by molar-refractivity contribution is 5.44. The van der Waals surface area contributed by atoms with Gasteiger partial charge >= 0.3 is 6.41 Å². The van der Waals surface area contributed by atoms with Gasteiger partial charge < -0.3 is 0 Å². The predicted molar refractivity (Wildman–Crippen MR) is 32.2 cm³/mol. The molecule has 0 atom stereocenters. The van der Waals surface area contributed by atoms with Crippen LogP contribution in [0.5, 0.6) is 0 Å². The second kappa shape index (κ2) is 3.45. The first-order valence-electron chi connectivity index (χ1n) is 3.21. The van der Waals surface area contributed by atoms with Crippen LogP contribution in [-0.4, -0.2) is 12.5 Å². The normalized spacial score (nSPS) is 20.0. The molecular formula is C6H10NO2. The van der Waals surface area contributed by atoms with Gasteiger partial charge in [0.25, 0.3) is 0 Å². The first-order chi connectivity index (χ1) is 4.43. The molecular weight excluding hydrogens is 118 g/mol. The van der Waals surface area contributed by atoms with E-state index in [1.54, 1.807) is 0 Å². The third kappa shape index (κ3) is 2.01. The number of carbonyl (C=O) groups excluding carboxylic acids is 1. The summed E-state index contributed by atoms with van der Waals surface area (Å²) in [6, 6.07) is 0. The highest BCUT2D eigenvalue weighted by atomic mass is 16.7. The second-order valence-corrected chi connectivity index (χ2v) is 2.23. The zero-order chi connectivity index (χ0) is 6.53. The molecule has 3 heteroatoms. The van der Waals surface area contributed by atoms with E-state index in [0.29, 0.717) is 0 Å². The zero-order valence-corrected chi connectivity index (χ0v) is 5.22. The van der Waals surface area contributed by atoms with Gasteiger partial charge in [0.2, 0.25) is 0 Å². The quantitative estimate of drug-likeness (QED) is 0.444. The monoisotopic (exact) mass is 128 g/mol. The molecule has 1 N–H and O–H groups in total. The number of hydrogen-bond acceptors (Lipinski definition) is 2. The summed E-state index contributed by atoms with van der Waals surface area (Å²) in [6.07, 6.45) is 6.27. The van der Waals surface area contributed by atoms with Gasteiger partial charge in [0.1, 0.15) is 0 Å². The van der Waals surface area contributed by atoms with Gasteiger partial charge in [0.15, 0.2) is 0 Å². The van der Waals surface area contributed by atoms with Gasteiger partial charge in [-0.2, -0.15) is 0 Å². The lowest BCUT2D eigenvalue weighted by Gasteiger charge is -2.05. The van der Waals surface area contributed by atoms with E-state index in [1.165, 1.54) is 19.3 Å². The van der Waals surface area contributed by atoms with Crippen molar-refractivity contribution in [3.05, 3.63) is 0 Å². The Morgan fingerprint density at radius 3 is 2.67 bits per heavy atom. The van der Waals surface area contributed by atoms with Gasteiger partial charge in [-0.1, -0.05) is 12.8 Å². The van der Waals surface area contributed by atoms with Crippen molar-refractivity contribution >= 4 is 6.41 Å². The largest absolute Gasteiger partial charge is 0.335 e. The summed E-state index contributed by atoms with van der Waals surface area (Å²) in [6.45, 7) is 0. The van der Waals surface area contributed by atoms with Crippen molar-refractivity contribution in [2.75, 3.05) is 0 Å². The molecule has 1 aliphatic carbocycles. The van der Waals surface area contributed by atoms with Gasteiger partial charge in [-0.15, -0.1) is 0 Å². The van der Waals surface area contributed by atoms with Crippen LogP contribution in [0, 0.1) is 0 Å². The number of rotatable bonds is 3. The number of hydrogen-bond donors (Lipinski definition) is 1. The van der Waals surface area contributed by atoms with E-state index in [0.717, 1.165) is 12.8 Å². The molecule has 0 aromatic rings. The van der Waals surface area contributed by atoms with Crippen molar-refractivity contribution in [3.63, 3.8) is 0 Å². The lowest BCUT2D eigenvalue weighted by Crippen LogP contribution is -2.19. The first-order valence-corrected chi connectivity index (χ1v) is 3.21. The van der Waals surface area contributed by atoms with Crippen molar-refractivity contribution in [3.8, 4) is 0 Å². The molecule has 0 heterocycles. The fourth-order valence-electron chi connectivity index (χ4n) is 1.11. The number of amides is 1. The summed E-state index contributed by atoms with van der Waals surface area (Å²) in [5, 5.41) is 0. The van der Waals surface area contributed by atoms with Gasteiger partial charge in [0, 0.05) is 0 Å². The van der Waals surface area contributed by atoms with Crippen molar-refractivity contribution in [1.29, 1.82) is 0 Å². The Hall–Kier alpha value is -0.570. The van der Waals surface area contributed by atoms with Gasteiger partial charge in [-0.3, -0.25) is 9.63 Å². The Morgan fingerprint density at radius 1 is 1.44 bits per heavy atom. The van der Waals surface area contributed by atoms with Crippen LogP contribution in [0.2, 0.25) is 0 Å². The highest BCUT2D eigenvalue weighted by Gasteiger charge is 2.14. The fourth-order valence-corrected chi connectivity index (χ4v) is 1.11. The third-order valence-electron chi connectivity index (χ3n) is 1.57. The van der Waals surface area contributed by atoms with Gasteiger partial charge in [-0.25, -0.2) is 5.48 Å². The van der Waals surface area contributed by atoms with Gasteiger partial charge in [-0.05, 0) is 12.8 Å². The van der Waals surface area contributed by atoms with Gasteiger partial charge in [0.05, 0.1) is 6.10 Å². The highest BCUT2D eigenvalue weighted by Crippen LogP contribution is 2.19. The molecule has 0 unspecified atom stereocenters. The maximum atomic E-state index is 9.60. The van der Waals surface area contributed by atoms with Crippen LogP contribution in [0.1, 0.15) is 25.7 Å². The second-order valence-electron chi connectivity index (χ2n) is 2.23. The minimum atomic E-state index is 0.242. The van der Waals surface area contributed by atoms with Crippen LogP contribution < -0.4 is 5.48 Å². The third-order valence-corrected chi connectivity index (χ3v) is 1.57. The molecule has 0 aliphatic heterocycles. The van der Waals surface area contributed by atoms with Crippen LogP contribution >= 0.6 is 0 Å². The minimum absolute atomic E-state index is 0.242. The van der Waals surface area contributed by atoms with E-state index in [2.05, 4.69) is 5.48 Å². The number of nitrogens with one attached hydrogen (secondary N) is 1. The molecule has 1 aliphatic rings. The molecule has 1 saturated carbocycles. The first kappa shape index (κ1) is 6.55. The van der Waals surface area contributed by atoms with Crippen molar-refractivity contribution in [2.45, 2.75) is 31.8 Å². The molecule has 0 bridgehead atoms. The van der Waals surface area contributed by atoms with Crippen LogP contribution in [0.15, 0.2) is 0 Å². The Kier molecular flexibility index (Phi) is 2.51. The molecule has 3 nitrogen and oxygen atoms in total. The lowest BCUT2D eigenvalue weighted by molar-refractivity contribution is 0.0138. The molecule has 0 saturated heterocycles. The van der Waals surface area contributed by atoms with Crippen molar-refractivity contribution in [2.24, 2.45) is 0 Å². The summed E-state index contributed by atoms with van der Waals surface area (Å²) in [7, 11) is 0. The molecule has 1 rings (SSSR count). The Labute approximate surface area is 54.3 Å².